The third kappa shape index (κ3) is 4.16. The number of hydrogen-bond acceptors (Lipinski definition) is 2. The Hall–Kier alpha value is -0.643. The molecule has 1 aromatic rings. The maximum atomic E-state index is 9.04. The number of hydrogen-bond donors (Lipinski definition) is 2. The van der Waals surface area contributed by atoms with Crippen molar-refractivity contribution in [1.82, 2.24) is 5.32 Å². The van der Waals surface area contributed by atoms with E-state index < -0.39 is 8.07 Å². The average Bonchev–Trinajstić information content (AvgIpc) is 3.09. The summed E-state index contributed by atoms with van der Waals surface area (Å²) in [4.78, 5) is 0. The fourth-order valence-electron chi connectivity index (χ4n) is 2.52. The standard InChI is InChI=1S/C16H27NOSi/c1-19(2,3)15-6-4-14(5-7-15)12-17-13-16(8-9-16)10-11-18/h4-7,17-18H,8-13H2,1-3H3. The molecule has 0 heterocycles. The molecular weight excluding hydrogens is 250 g/mol. The summed E-state index contributed by atoms with van der Waals surface area (Å²) in [7, 11) is -1.17. The average molecular weight is 277 g/mol. The molecule has 1 aromatic carbocycles. The molecule has 19 heavy (non-hydrogen) atoms. The van der Waals surface area contributed by atoms with Gasteiger partial charge in [-0.15, -0.1) is 0 Å². The van der Waals surface area contributed by atoms with E-state index >= 15 is 0 Å². The minimum Gasteiger partial charge on any atom is -0.396 e. The molecule has 0 atom stereocenters. The van der Waals surface area contributed by atoms with Crippen LogP contribution in [0.2, 0.25) is 19.6 Å². The Labute approximate surface area is 118 Å². The summed E-state index contributed by atoms with van der Waals surface area (Å²) in [6.07, 6.45) is 3.50. The van der Waals surface area contributed by atoms with Crippen LogP contribution in [-0.4, -0.2) is 26.3 Å². The van der Waals surface area contributed by atoms with Gasteiger partial charge >= 0.3 is 0 Å². The van der Waals surface area contributed by atoms with E-state index in [-0.39, 0.29) is 0 Å². The molecule has 0 saturated heterocycles. The highest BCUT2D eigenvalue weighted by Gasteiger charge is 2.41. The summed E-state index contributed by atoms with van der Waals surface area (Å²) in [5.74, 6) is 0. The topological polar surface area (TPSA) is 32.3 Å². The minimum absolute atomic E-state index is 0.326. The van der Waals surface area contributed by atoms with Crippen LogP contribution in [0.4, 0.5) is 0 Å². The lowest BCUT2D eigenvalue weighted by Gasteiger charge is -2.17. The first-order valence-electron chi connectivity index (χ1n) is 7.36. The highest BCUT2D eigenvalue weighted by atomic mass is 28.3. The van der Waals surface area contributed by atoms with Gasteiger partial charge < -0.3 is 10.4 Å². The molecule has 2 nitrogen and oxygen atoms in total. The monoisotopic (exact) mass is 277 g/mol. The van der Waals surface area contributed by atoms with Crippen molar-refractivity contribution in [3.05, 3.63) is 29.8 Å². The molecular formula is C16H27NOSi. The van der Waals surface area contributed by atoms with Crippen molar-refractivity contribution in [2.75, 3.05) is 13.2 Å². The van der Waals surface area contributed by atoms with Crippen molar-refractivity contribution in [3.63, 3.8) is 0 Å². The van der Waals surface area contributed by atoms with Crippen molar-refractivity contribution < 1.29 is 5.11 Å². The normalized spacial score (nSPS) is 17.5. The molecule has 3 heteroatoms. The van der Waals surface area contributed by atoms with Gasteiger partial charge in [0.1, 0.15) is 0 Å². The maximum Gasteiger partial charge on any atom is 0.0775 e. The second kappa shape index (κ2) is 5.78. The fourth-order valence-corrected chi connectivity index (χ4v) is 3.69. The zero-order valence-corrected chi connectivity index (χ0v) is 13.5. The van der Waals surface area contributed by atoms with Gasteiger partial charge in [-0.1, -0.05) is 49.1 Å². The van der Waals surface area contributed by atoms with Gasteiger partial charge in [-0.3, -0.25) is 0 Å². The van der Waals surface area contributed by atoms with E-state index in [1.165, 1.54) is 23.6 Å². The van der Waals surface area contributed by atoms with E-state index in [2.05, 4.69) is 49.2 Å². The van der Waals surface area contributed by atoms with Gasteiger partial charge in [0.25, 0.3) is 0 Å². The van der Waals surface area contributed by atoms with Gasteiger partial charge in [-0.05, 0) is 30.2 Å². The SMILES string of the molecule is C[Si](C)(C)c1ccc(CNCC2(CCO)CC2)cc1. The summed E-state index contributed by atoms with van der Waals surface area (Å²) in [6, 6.07) is 9.10. The Morgan fingerprint density at radius 1 is 1.16 bits per heavy atom. The van der Waals surface area contributed by atoms with E-state index in [1.807, 2.05) is 0 Å². The predicted octanol–water partition coefficient (Wildman–Crippen LogP) is 2.48. The number of nitrogens with one attached hydrogen (secondary N) is 1. The lowest BCUT2D eigenvalue weighted by Crippen LogP contribution is -2.37. The lowest BCUT2D eigenvalue weighted by molar-refractivity contribution is 0.245. The zero-order chi connectivity index (χ0) is 13.9. The van der Waals surface area contributed by atoms with E-state index in [0.717, 1.165) is 19.5 Å². The van der Waals surface area contributed by atoms with Crippen LogP contribution in [0, 0.1) is 5.41 Å². The van der Waals surface area contributed by atoms with Crippen LogP contribution in [0.15, 0.2) is 24.3 Å². The molecule has 1 aliphatic carbocycles. The molecule has 2 N–H and O–H groups in total. The van der Waals surface area contributed by atoms with Gasteiger partial charge in [-0.25, -0.2) is 0 Å². The largest absolute Gasteiger partial charge is 0.396 e. The third-order valence-corrected chi connectivity index (χ3v) is 6.31. The first kappa shape index (κ1) is 14.8. The van der Waals surface area contributed by atoms with Gasteiger partial charge in [-0.2, -0.15) is 0 Å². The molecule has 0 radical (unpaired) electrons. The third-order valence-electron chi connectivity index (χ3n) is 4.25. The summed E-state index contributed by atoms with van der Waals surface area (Å²) in [5, 5.41) is 14.1. The van der Waals surface area contributed by atoms with Crippen LogP contribution < -0.4 is 10.5 Å². The predicted molar refractivity (Wildman–Crippen MR) is 84.5 cm³/mol. The van der Waals surface area contributed by atoms with E-state index in [0.29, 0.717) is 12.0 Å². The Balaban J connectivity index is 1.81. The Morgan fingerprint density at radius 2 is 1.79 bits per heavy atom. The molecule has 106 valence electrons. The zero-order valence-electron chi connectivity index (χ0n) is 12.5. The summed E-state index contributed by atoms with van der Waals surface area (Å²) in [5.41, 5.74) is 1.77. The number of rotatable bonds is 7. The van der Waals surface area contributed by atoms with Gasteiger partial charge in [0, 0.05) is 19.7 Å². The van der Waals surface area contributed by atoms with Crippen LogP contribution in [-0.2, 0) is 6.54 Å². The smallest absolute Gasteiger partial charge is 0.0775 e. The molecule has 0 amide bonds. The first-order chi connectivity index (χ1) is 8.95. The van der Waals surface area contributed by atoms with E-state index in [4.69, 9.17) is 5.11 Å². The fraction of sp³-hybridized carbons (Fsp3) is 0.625. The van der Waals surface area contributed by atoms with Crippen LogP contribution in [0.25, 0.3) is 0 Å². The quantitative estimate of drug-likeness (QED) is 0.751. The Kier molecular flexibility index (Phi) is 4.49. The van der Waals surface area contributed by atoms with Crippen LogP contribution in [0.1, 0.15) is 24.8 Å². The summed E-state index contributed by atoms with van der Waals surface area (Å²) >= 11 is 0. The highest BCUT2D eigenvalue weighted by Crippen LogP contribution is 2.47. The van der Waals surface area contributed by atoms with Crippen molar-refractivity contribution in [1.29, 1.82) is 0 Å². The number of aliphatic hydroxyl groups excluding tert-OH is 1. The molecule has 2 rings (SSSR count). The minimum atomic E-state index is -1.17. The molecule has 0 aliphatic heterocycles. The van der Waals surface area contributed by atoms with E-state index in [1.54, 1.807) is 0 Å². The second-order valence-electron chi connectivity index (χ2n) is 7.02. The first-order valence-corrected chi connectivity index (χ1v) is 10.9. The van der Waals surface area contributed by atoms with Gasteiger partial charge in [0.2, 0.25) is 0 Å². The Bertz CT molecular complexity index is 404. The molecule has 0 unspecified atom stereocenters. The van der Waals surface area contributed by atoms with Gasteiger partial charge in [0.15, 0.2) is 0 Å². The number of benzene rings is 1. The molecule has 1 saturated carbocycles. The van der Waals surface area contributed by atoms with Crippen molar-refractivity contribution >= 4 is 13.3 Å². The highest BCUT2D eigenvalue weighted by molar-refractivity contribution is 6.88. The lowest BCUT2D eigenvalue weighted by atomic mass is 10.0. The molecule has 1 aliphatic rings. The molecule has 0 aromatic heterocycles. The van der Waals surface area contributed by atoms with Crippen molar-refractivity contribution in [2.24, 2.45) is 5.41 Å². The van der Waals surface area contributed by atoms with Crippen LogP contribution >= 0.6 is 0 Å². The van der Waals surface area contributed by atoms with Crippen LogP contribution in [0.3, 0.4) is 0 Å². The molecule has 0 bridgehead atoms. The van der Waals surface area contributed by atoms with Crippen molar-refractivity contribution in [3.8, 4) is 0 Å². The second-order valence-corrected chi connectivity index (χ2v) is 12.1. The summed E-state index contributed by atoms with van der Waals surface area (Å²) in [6.45, 7) is 9.46. The van der Waals surface area contributed by atoms with E-state index in [9.17, 15) is 0 Å². The molecule has 1 fully saturated rings. The Morgan fingerprint density at radius 3 is 2.26 bits per heavy atom. The number of aliphatic hydroxyl groups is 1. The van der Waals surface area contributed by atoms with Gasteiger partial charge in [0.05, 0.1) is 8.07 Å². The van der Waals surface area contributed by atoms with Crippen molar-refractivity contribution in [2.45, 2.75) is 45.4 Å². The van der Waals surface area contributed by atoms with Crippen LogP contribution in [0.5, 0.6) is 0 Å². The summed E-state index contributed by atoms with van der Waals surface area (Å²) < 4.78 is 0. The maximum absolute atomic E-state index is 9.04. The molecule has 0 spiro atoms.